The zero-order valence-electron chi connectivity index (χ0n) is 21.2. The Morgan fingerprint density at radius 2 is 1.25 bits per heavy atom. The average molecular weight is 507 g/mol. The van der Waals surface area contributed by atoms with Crippen LogP contribution < -0.4 is 9.47 Å². The zero-order chi connectivity index (χ0) is 25.5. The molecular formula is C30H38F4O2. The summed E-state index contributed by atoms with van der Waals surface area (Å²) >= 11 is 0. The van der Waals surface area contributed by atoms with Crippen LogP contribution in [-0.4, -0.2) is 6.61 Å². The Balaban J connectivity index is 1.30. The molecule has 4 rings (SSSR count). The lowest BCUT2D eigenvalue weighted by Gasteiger charge is -2.32. The van der Waals surface area contributed by atoms with Gasteiger partial charge in [-0.2, -0.15) is 8.78 Å². The minimum Gasteiger partial charge on any atom is -0.454 e. The highest BCUT2D eigenvalue weighted by Gasteiger charge is 2.29. The summed E-state index contributed by atoms with van der Waals surface area (Å²) < 4.78 is 64.7. The van der Waals surface area contributed by atoms with Crippen LogP contribution in [0.2, 0.25) is 0 Å². The molecule has 2 fully saturated rings. The lowest BCUT2D eigenvalue weighted by atomic mass is 9.74. The number of rotatable bonds is 10. The first-order valence-corrected chi connectivity index (χ1v) is 13.6. The van der Waals surface area contributed by atoms with Gasteiger partial charge in [0.05, 0.1) is 0 Å². The Hall–Kier alpha value is -2.24. The van der Waals surface area contributed by atoms with E-state index in [0.29, 0.717) is 5.92 Å². The van der Waals surface area contributed by atoms with Crippen molar-refractivity contribution in [2.24, 2.45) is 17.8 Å². The first kappa shape index (κ1) is 26.8. The molecule has 0 radical (unpaired) electrons. The van der Waals surface area contributed by atoms with Gasteiger partial charge in [0, 0.05) is 5.56 Å². The summed E-state index contributed by atoms with van der Waals surface area (Å²) in [6.07, 6.45) is 14.3. The highest BCUT2D eigenvalue weighted by molar-refractivity contribution is 5.39. The van der Waals surface area contributed by atoms with Crippen molar-refractivity contribution < 1.29 is 27.0 Å². The quantitative estimate of drug-likeness (QED) is 0.299. The molecular weight excluding hydrogens is 468 g/mol. The fourth-order valence-corrected chi connectivity index (χ4v) is 6.25. The number of hydrogen-bond acceptors (Lipinski definition) is 2. The number of hydrogen-bond donors (Lipinski definition) is 0. The molecule has 0 spiro atoms. The van der Waals surface area contributed by atoms with Crippen molar-refractivity contribution in [1.29, 1.82) is 0 Å². The monoisotopic (exact) mass is 506 g/mol. The molecule has 0 saturated heterocycles. The maximum absolute atomic E-state index is 15.3. The van der Waals surface area contributed by atoms with E-state index < -0.39 is 18.2 Å². The summed E-state index contributed by atoms with van der Waals surface area (Å²) in [6.45, 7) is -0.645. The SMILES string of the molecule is CCCC1CCC(CCC2CCC(c3c(F)ccc(Oc4ccc(OC(F)F)cc4)c3F)CC2)CC1. The third kappa shape index (κ3) is 7.17. The second-order valence-electron chi connectivity index (χ2n) is 10.7. The number of alkyl halides is 2. The van der Waals surface area contributed by atoms with Crippen LogP contribution in [0.4, 0.5) is 17.6 Å². The molecule has 0 unspecified atom stereocenters. The largest absolute Gasteiger partial charge is 0.454 e. The van der Waals surface area contributed by atoms with E-state index >= 15 is 4.39 Å². The van der Waals surface area contributed by atoms with E-state index in [0.717, 1.165) is 37.5 Å². The molecule has 2 nitrogen and oxygen atoms in total. The second-order valence-corrected chi connectivity index (χ2v) is 10.7. The Bertz CT molecular complexity index is 946. The Kier molecular flexibility index (Phi) is 9.55. The first-order valence-electron chi connectivity index (χ1n) is 13.6. The van der Waals surface area contributed by atoms with Crippen LogP contribution >= 0.6 is 0 Å². The van der Waals surface area contributed by atoms with Crippen LogP contribution in [-0.2, 0) is 0 Å². The molecule has 6 heteroatoms. The highest BCUT2D eigenvalue weighted by atomic mass is 19.3. The van der Waals surface area contributed by atoms with Gasteiger partial charge in [-0.25, -0.2) is 8.78 Å². The summed E-state index contributed by atoms with van der Waals surface area (Å²) in [5, 5.41) is 0. The molecule has 2 aromatic rings. The van der Waals surface area contributed by atoms with E-state index in [4.69, 9.17) is 4.74 Å². The zero-order valence-corrected chi connectivity index (χ0v) is 21.2. The normalized spacial score (nSPS) is 24.6. The Labute approximate surface area is 212 Å². The van der Waals surface area contributed by atoms with Crippen LogP contribution in [0, 0.1) is 29.4 Å². The van der Waals surface area contributed by atoms with Crippen LogP contribution in [0.3, 0.4) is 0 Å². The molecule has 36 heavy (non-hydrogen) atoms. The lowest BCUT2D eigenvalue weighted by molar-refractivity contribution is -0.0498. The molecule has 0 aliphatic heterocycles. The lowest BCUT2D eigenvalue weighted by Crippen LogP contribution is -2.18. The van der Waals surface area contributed by atoms with Crippen molar-refractivity contribution in [1.82, 2.24) is 0 Å². The van der Waals surface area contributed by atoms with E-state index in [2.05, 4.69) is 11.7 Å². The van der Waals surface area contributed by atoms with Crippen molar-refractivity contribution >= 4 is 0 Å². The van der Waals surface area contributed by atoms with Crippen molar-refractivity contribution in [3.05, 3.63) is 53.6 Å². The van der Waals surface area contributed by atoms with Gasteiger partial charge in [0.1, 0.15) is 17.3 Å². The van der Waals surface area contributed by atoms with Crippen molar-refractivity contribution in [3.63, 3.8) is 0 Å². The smallest absolute Gasteiger partial charge is 0.387 e. The van der Waals surface area contributed by atoms with Gasteiger partial charge in [-0.1, -0.05) is 58.3 Å². The summed E-state index contributed by atoms with van der Waals surface area (Å²) in [4.78, 5) is 0. The minimum atomic E-state index is -2.92. The van der Waals surface area contributed by atoms with E-state index in [-0.39, 0.29) is 28.7 Å². The summed E-state index contributed by atoms with van der Waals surface area (Å²) in [5.41, 5.74) is 0.109. The van der Waals surface area contributed by atoms with Crippen molar-refractivity contribution in [3.8, 4) is 17.2 Å². The summed E-state index contributed by atoms with van der Waals surface area (Å²) in [5.74, 6) is 1.27. The third-order valence-corrected chi connectivity index (χ3v) is 8.27. The highest BCUT2D eigenvalue weighted by Crippen LogP contribution is 2.43. The van der Waals surface area contributed by atoms with Gasteiger partial charge in [0.25, 0.3) is 0 Å². The molecule has 0 heterocycles. The number of ether oxygens (including phenoxy) is 2. The molecule has 0 amide bonds. The summed E-state index contributed by atoms with van der Waals surface area (Å²) in [6, 6.07) is 8.01. The molecule has 0 bridgehead atoms. The molecule has 0 aromatic heterocycles. The van der Waals surface area contributed by atoms with E-state index in [1.165, 1.54) is 87.8 Å². The fourth-order valence-electron chi connectivity index (χ4n) is 6.25. The van der Waals surface area contributed by atoms with Gasteiger partial charge < -0.3 is 9.47 Å². The minimum absolute atomic E-state index is 0.0152. The van der Waals surface area contributed by atoms with Crippen molar-refractivity contribution in [2.75, 3.05) is 0 Å². The fraction of sp³-hybridized carbons (Fsp3) is 0.600. The average Bonchev–Trinajstić information content (AvgIpc) is 2.87. The van der Waals surface area contributed by atoms with Gasteiger partial charge >= 0.3 is 6.61 Å². The van der Waals surface area contributed by atoms with Gasteiger partial charge in [-0.15, -0.1) is 0 Å². The maximum Gasteiger partial charge on any atom is 0.387 e. The predicted molar refractivity (Wildman–Crippen MR) is 134 cm³/mol. The van der Waals surface area contributed by atoms with Crippen molar-refractivity contribution in [2.45, 2.75) is 96.5 Å². The standard InChI is InChI=1S/C30H38F4O2/c1-2-3-20-4-6-21(7-5-20)8-9-22-10-12-23(13-11-22)28-26(31)18-19-27(29(28)32)35-24-14-16-25(17-15-24)36-30(33)34/h14-23,30H,2-13H2,1H3. The molecule has 2 aliphatic carbocycles. The topological polar surface area (TPSA) is 18.5 Å². The van der Waals surface area contributed by atoms with Crippen LogP contribution in [0.15, 0.2) is 36.4 Å². The number of halogens is 4. The van der Waals surface area contributed by atoms with Gasteiger partial charge in [0.15, 0.2) is 11.6 Å². The van der Waals surface area contributed by atoms with Gasteiger partial charge in [0.2, 0.25) is 0 Å². The molecule has 0 N–H and O–H groups in total. The Morgan fingerprint density at radius 1 is 0.722 bits per heavy atom. The molecule has 198 valence electrons. The van der Waals surface area contributed by atoms with E-state index in [1.807, 2.05) is 0 Å². The number of benzene rings is 2. The first-order chi connectivity index (χ1) is 17.4. The van der Waals surface area contributed by atoms with Gasteiger partial charge in [-0.3, -0.25) is 0 Å². The second kappa shape index (κ2) is 12.8. The molecule has 0 atom stereocenters. The van der Waals surface area contributed by atoms with E-state index in [1.54, 1.807) is 0 Å². The van der Waals surface area contributed by atoms with Crippen LogP contribution in [0.25, 0.3) is 0 Å². The third-order valence-electron chi connectivity index (χ3n) is 8.27. The summed E-state index contributed by atoms with van der Waals surface area (Å²) in [7, 11) is 0. The molecule has 2 aliphatic rings. The van der Waals surface area contributed by atoms with Crippen LogP contribution in [0.5, 0.6) is 17.2 Å². The predicted octanol–water partition coefficient (Wildman–Crippen LogP) is 10.0. The molecule has 2 aromatic carbocycles. The Morgan fingerprint density at radius 3 is 1.81 bits per heavy atom. The molecule has 2 saturated carbocycles. The van der Waals surface area contributed by atoms with Crippen LogP contribution in [0.1, 0.15) is 95.5 Å². The maximum atomic E-state index is 15.3. The van der Waals surface area contributed by atoms with E-state index in [9.17, 15) is 13.2 Å². The van der Waals surface area contributed by atoms with Gasteiger partial charge in [-0.05, 0) is 85.8 Å².